The molecule has 0 N–H and O–H groups in total. The van der Waals surface area contributed by atoms with Crippen molar-refractivity contribution in [2.75, 3.05) is 13.2 Å². The minimum atomic E-state index is -0.775. The average Bonchev–Trinajstić information content (AvgIpc) is 3.34. The van der Waals surface area contributed by atoms with Gasteiger partial charge in [-0.3, -0.25) is 14.4 Å². The molecule has 0 aromatic heterocycles. The fourth-order valence-corrected chi connectivity index (χ4v) is 8.67. The van der Waals surface area contributed by atoms with Crippen molar-refractivity contribution in [2.45, 2.75) is 316 Å². The average molecular weight is 954 g/mol. The Balaban J connectivity index is 4.36. The summed E-state index contributed by atoms with van der Waals surface area (Å²) in [5.41, 5.74) is 0. The van der Waals surface area contributed by atoms with Gasteiger partial charge in [0.25, 0.3) is 0 Å². The quantitative estimate of drug-likeness (QED) is 0.0262. The topological polar surface area (TPSA) is 78.9 Å². The number of allylic oxidation sites excluding steroid dienone is 8. The second-order valence-corrected chi connectivity index (χ2v) is 19.9. The molecule has 0 rings (SSSR count). The third-order valence-corrected chi connectivity index (χ3v) is 13.1. The van der Waals surface area contributed by atoms with Crippen molar-refractivity contribution in [2.24, 2.45) is 0 Å². The highest BCUT2D eigenvalue weighted by Gasteiger charge is 2.19. The van der Waals surface area contributed by atoms with Gasteiger partial charge in [-0.15, -0.1) is 0 Å². The number of esters is 3. The van der Waals surface area contributed by atoms with Gasteiger partial charge in [0.1, 0.15) is 13.2 Å². The predicted octanol–water partition coefficient (Wildman–Crippen LogP) is 19.8. The van der Waals surface area contributed by atoms with Gasteiger partial charge in [0.05, 0.1) is 0 Å². The number of hydrogen-bond acceptors (Lipinski definition) is 6. The zero-order valence-corrected chi connectivity index (χ0v) is 45.4. The van der Waals surface area contributed by atoms with Gasteiger partial charge < -0.3 is 14.2 Å². The van der Waals surface area contributed by atoms with Crippen molar-refractivity contribution in [1.29, 1.82) is 0 Å². The molecule has 0 aromatic rings. The van der Waals surface area contributed by atoms with Crippen molar-refractivity contribution in [3.8, 4) is 0 Å². The molecule has 0 amide bonds. The normalized spacial score (nSPS) is 12.3. The third kappa shape index (κ3) is 54.3. The molecule has 0 saturated heterocycles. The number of hydrogen-bond donors (Lipinski definition) is 0. The summed E-state index contributed by atoms with van der Waals surface area (Å²) in [5, 5.41) is 0. The van der Waals surface area contributed by atoms with Gasteiger partial charge in [0.15, 0.2) is 6.10 Å². The fourth-order valence-electron chi connectivity index (χ4n) is 8.67. The Morgan fingerprint density at radius 3 is 0.897 bits per heavy atom. The highest BCUT2D eigenvalue weighted by molar-refractivity contribution is 5.71. The molecular formula is C62H112O6. The summed E-state index contributed by atoms with van der Waals surface area (Å²) in [6, 6.07) is 0. The van der Waals surface area contributed by atoms with E-state index in [0.29, 0.717) is 19.3 Å². The summed E-state index contributed by atoms with van der Waals surface area (Å²) in [7, 11) is 0. The van der Waals surface area contributed by atoms with Crippen LogP contribution < -0.4 is 0 Å². The van der Waals surface area contributed by atoms with Crippen LogP contribution in [0.4, 0.5) is 0 Å². The van der Waals surface area contributed by atoms with Gasteiger partial charge in [-0.05, 0) is 57.8 Å². The highest BCUT2D eigenvalue weighted by Crippen LogP contribution is 2.17. The zero-order valence-electron chi connectivity index (χ0n) is 45.4. The molecule has 0 aromatic carbocycles. The predicted molar refractivity (Wildman–Crippen MR) is 293 cm³/mol. The van der Waals surface area contributed by atoms with E-state index in [1.54, 1.807) is 0 Å². The molecule has 0 spiro atoms. The molecular weight excluding hydrogens is 841 g/mol. The van der Waals surface area contributed by atoms with Gasteiger partial charge in [0, 0.05) is 19.3 Å². The zero-order chi connectivity index (χ0) is 49.3. The number of unbranched alkanes of at least 4 members (excludes halogenated alkanes) is 35. The fraction of sp³-hybridized carbons (Fsp3) is 0.823. The highest BCUT2D eigenvalue weighted by atomic mass is 16.6. The number of carbonyl (C=O) groups excluding carboxylic acids is 3. The third-order valence-electron chi connectivity index (χ3n) is 13.1. The van der Waals surface area contributed by atoms with Gasteiger partial charge >= 0.3 is 17.9 Å². The summed E-state index contributed by atoms with van der Waals surface area (Å²) >= 11 is 0. The second kappa shape index (κ2) is 57.0. The number of carbonyl (C=O) groups is 3. The monoisotopic (exact) mass is 953 g/mol. The molecule has 0 aliphatic carbocycles. The molecule has 68 heavy (non-hydrogen) atoms. The van der Waals surface area contributed by atoms with E-state index in [0.717, 1.165) is 89.9 Å². The van der Waals surface area contributed by atoms with E-state index >= 15 is 0 Å². The van der Waals surface area contributed by atoms with E-state index in [9.17, 15) is 14.4 Å². The van der Waals surface area contributed by atoms with Crippen molar-refractivity contribution in [1.82, 2.24) is 0 Å². The minimum absolute atomic E-state index is 0.0730. The van der Waals surface area contributed by atoms with Crippen LogP contribution in [-0.4, -0.2) is 37.2 Å². The molecule has 1 atom stereocenters. The second-order valence-electron chi connectivity index (χ2n) is 19.9. The molecule has 396 valence electrons. The van der Waals surface area contributed by atoms with Crippen LogP contribution in [0.15, 0.2) is 48.6 Å². The summed E-state index contributed by atoms with van der Waals surface area (Å²) in [4.78, 5) is 38.2. The Hall–Kier alpha value is -2.63. The van der Waals surface area contributed by atoms with Crippen molar-refractivity contribution in [3.63, 3.8) is 0 Å². The first-order valence-corrected chi connectivity index (χ1v) is 29.6. The molecule has 0 fully saturated rings. The van der Waals surface area contributed by atoms with E-state index in [1.807, 2.05) is 0 Å². The summed E-state index contributed by atoms with van der Waals surface area (Å²) < 4.78 is 16.9. The minimum Gasteiger partial charge on any atom is -0.462 e. The van der Waals surface area contributed by atoms with Crippen LogP contribution in [-0.2, 0) is 28.6 Å². The Kier molecular flexibility index (Phi) is 54.8. The Bertz CT molecular complexity index is 1190. The molecule has 0 aliphatic rings. The molecule has 6 heteroatoms. The molecule has 0 aliphatic heterocycles. The lowest BCUT2D eigenvalue weighted by molar-refractivity contribution is -0.167. The number of rotatable bonds is 54. The Morgan fingerprint density at radius 1 is 0.309 bits per heavy atom. The van der Waals surface area contributed by atoms with Crippen molar-refractivity contribution >= 4 is 17.9 Å². The van der Waals surface area contributed by atoms with E-state index in [-0.39, 0.29) is 31.1 Å². The smallest absolute Gasteiger partial charge is 0.306 e. The van der Waals surface area contributed by atoms with E-state index in [4.69, 9.17) is 14.2 Å². The van der Waals surface area contributed by atoms with Crippen LogP contribution in [0.1, 0.15) is 310 Å². The van der Waals surface area contributed by atoms with E-state index in [2.05, 4.69) is 69.4 Å². The van der Waals surface area contributed by atoms with Gasteiger partial charge in [0.2, 0.25) is 0 Å². The van der Waals surface area contributed by atoms with Crippen LogP contribution in [0, 0.1) is 0 Å². The standard InChI is InChI=1S/C62H112O6/c1-4-7-10-13-16-19-22-25-28-30-31-32-35-37-40-43-46-49-52-55-61(64)67-58-59(57-66-60(63)54-51-48-45-42-39-36-33-27-24-21-18-15-12-9-6-3)68-62(65)56-53-50-47-44-41-38-34-29-26-23-20-17-14-11-8-5-2/h7,10,16,19,25,28,31-32,59H,4-6,8-9,11-15,17-18,20-24,26-27,29-30,33-58H2,1-3H3/b10-7-,19-16-,28-25-,32-31-. The molecule has 0 heterocycles. The SMILES string of the molecule is CC/C=C\C/C=C\C/C=C\C/C=C\CCCCCCCCC(=O)OCC(COC(=O)CCCCCCCCCCCCCCCCC)OC(=O)CCCCCCCCCCCCCCCCCC. The molecule has 1 unspecified atom stereocenters. The molecule has 0 radical (unpaired) electrons. The van der Waals surface area contributed by atoms with Gasteiger partial charge in [-0.2, -0.15) is 0 Å². The van der Waals surface area contributed by atoms with E-state index < -0.39 is 6.10 Å². The van der Waals surface area contributed by atoms with Crippen LogP contribution in [0.3, 0.4) is 0 Å². The van der Waals surface area contributed by atoms with Crippen LogP contribution in [0.2, 0.25) is 0 Å². The first-order chi connectivity index (χ1) is 33.5. The first-order valence-electron chi connectivity index (χ1n) is 29.6. The van der Waals surface area contributed by atoms with Crippen LogP contribution >= 0.6 is 0 Å². The Labute approximate surface area is 422 Å². The summed E-state index contributed by atoms with van der Waals surface area (Å²) in [5.74, 6) is -0.868. The Morgan fingerprint density at radius 2 is 0.574 bits per heavy atom. The first kappa shape index (κ1) is 65.4. The summed E-state index contributed by atoms with van der Waals surface area (Å²) in [6.07, 6.45) is 69.5. The lowest BCUT2D eigenvalue weighted by Gasteiger charge is -2.18. The maximum Gasteiger partial charge on any atom is 0.306 e. The largest absolute Gasteiger partial charge is 0.462 e. The molecule has 0 saturated carbocycles. The van der Waals surface area contributed by atoms with Crippen molar-refractivity contribution < 1.29 is 28.6 Å². The van der Waals surface area contributed by atoms with Gasteiger partial charge in [-0.25, -0.2) is 0 Å². The maximum atomic E-state index is 12.9. The van der Waals surface area contributed by atoms with E-state index in [1.165, 1.54) is 180 Å². The summed E-state index contributed by atoms with van der Waals surface area (Å²) in [6.45, 7) is 6.56. The van der Waals surface area contributed by atoms with Crippen molar-refractivity contribution in [3.05, 3.63) is 48.6 Å². The van der Waals surface area contributed by atoms with Crippen LogP contribution in [0.5, 0.6) is 0 Å². The molecule has 6 nitrogen and oxygen atoms in total. The lowest BCUT2D eigenvalue weighted by atomic mass is 10.0. The lowest BCUT2D eigenvalue weighted by Crippen LogP contribution is -2.30. The molecule has 0 bridgehead atoms. The van der Waals surface area contributed by atoms with Gasteiger partial charge in [-0.1, -0.05) is 281 Å². The number of ether oxygens (including phenoxy) is 3. The van der Waals surface area contributed by atoms with Crippen LogP contribution in [0.25, 0.3) is 0 Å². The maximum absolute atomic E-state index is 12.9.